The quantitative estimate of drug-likeness (QED) is 0.844. The molecule has 2 unspecified atom stereocenters. The summed E-state index contributed by atoms with van der Waals surface area (Å²) in [6.45, 7) is 0.618. The number of rotatable bonds is 2. The second-order valence-electron chi connectivity index (χ2n) is 4.74. The molecule has 1 aliphatic rings. The van der Waals surface area contributed by atoms with Gasteiger partial charge in [0.25, 0.3) is 0 Å². The van der Waals surface area contributed by atoms with Crippen LogP contribution in [0, 0.1) is 0 Å². The summed E-state index contributed by atoms with van der Waals surface area (Å²) in [5.74, 6) is -0.818. The van der Waals surface area contributed by atoms with Crippen molar-refractivity contribution in [3.05, 3.63) is 41.7 Å². The van der Waals surface area contributed by atoms with Crippen LogP contribution in [0.4, 0.5) is 5.95 Å². The highest BCUT2D eigenvalue weighted by molar-refractivity contribution is 5.75. The highest BCUT2D eigenvalue weighted by Gasteiger charge is 2.35. The number of benzene rings is 1. The molecule has 1 aromatic heterocycles. The maximum atomic E-state index is 11.4. The van der Waals surface area contributed by atoms with E-state index >= 15 is 0 Å². The zero-order valence-electron chi connectivity index (χ0n) is 10.2. The number of carboxylic acid groups (broad SMARTS) is 1. The van der Waals surface area contributed by atoms with Crippen LogP contribution in [0.15, 0.2) is 30.3 Å². The van der Waals surface area contributed by atoms with E-state index in [1.165, 1.54) is 0 Å². The fraction of sp³-hybridized carbons (Fsp3) is 0.308. The maximum Gasteiger partial charge on any atom is 0.314 e. The van der Waals surface area contributed by atoms with E-state index in [-0.39, 0.29) is 11.9 Å². The van der Waals surface area contributed by atoms with Gasteiger partial charge in [0, 0.05) is 5.92 Å². The first kappa shape index (κ1) is 11.7. The molecule has 2 aromatic rings. The van der Waals surface area contributed by atoms with E-state index in [2.05, 4.69) is 10.1 Å². The molecule has 98 valence electrons. The molecule has 0 saturated heterocycles. The number of aromatic nitrogens is 3. The molecule has 0 amide bonds. The number of carboxylic acids is 1. The zero-order valence-corrected chi connectivity index (χ0v) is 10.2. The van der Waals surface area contributed by atoms with E-state index in [0.717, 1.165) is 5.56 Å². The molecule has 3 rings (SSSR count). The number of carbonyl (C=O) groups is 1. The Morgan fingerprint density at radius 3 is 2.79 bits per heavy atom. The minimum Gasteiger partial charge on any atom is -0.481 e. The van der Waals surface area contributed by atoms with Crippen LogP contribution in [0.1, 0.15) is 29.6 Å². The predicted molar refractivity (Wildman–Crippen MR) is 68.6 cm³/mol. The Hall–Kier alpha value is -2.37. The normalized spacial score (nSPS) is 21.9. The highest BCUT2D eigenvalue weighted by atomic mass is 16.4. The molecule has 19 heavy (non-hydrogen) atoms. The van der Waals surface area contributed by atoms with Crippen molar-refractivity contribution in [2.24, 2.45) is 0 Å². The molecule has 6 nitrogen and oxygen atoms in total. The topological polar surface area (TPSA) is 94.0 Å². The number of nitrogens with two attached hydrogens (primary N) is 1. The van der Waals surface area contributed by atoms with Crippen molar-refractivity contribution in [2.75, 3.05) is 5.73 Å². The molecular weight excluding hydrogens is 244 g/mol. The van der Waals surface area contributed by atoms with Crippen LogP contribution in [0.25, 0.3) is 0 Å². The largest absolute Gasteiger partial charge is 0.481 e. The zero-order chi connectivity index (χ0) is 13.4. The first-order valence-electron chi connectivity index (χ1n) is 6.13. The van der Waals surface area contributed by atoms with E-state index in [1.807, 2.05) is 30.3 Å². The lowest BCUT2D eigenvalue weighted by atomic mass is 9.85. The lowest BCUT2D eigenvalue weighted by molar-refractivity contribution is -0.139. The fourth-order valence-corrected chi connectivity index (χ4v) is 2.62. The summed E-state index contributed by atoms with van der Waals surface area (Å²) in [7, 11) is 0. The van der Waals surface area contributed by atoms with E-state index in [4.69, 9.17) is 5.73 Å². The molecule has 1 aromatic carbocycles. The highest BCUT2D eigenvalue weighted by Crippen LogP contribution is 2.35. The number of anilines is 1. The monoisotopic (exact) mass is 258 g/mol. The summed E-state index contributed by atoms with van der Waals surface area (Å²) in [4.78, 5) is 15.4. The van der Waals surface area contributed by atoms with Gasteiger partial charge in [-0.05, 0) is 12.0 Å². The van der Waals surface area contributed by atoms with Crippen LogP contribution in [-0.2, 0) is 11.3 Å². The van der Waals surface area contributed by atoms with Gasteiger partial charge in [0.15, 0.2) is 0 Å². The van der Waals surface area contributed by atoms with Gasteiger partial charge in [-0.1, -0.05) is 30.3 Å². The van der Waals surface area contributed by atoms with E-state index in [9.17, 15) is 9.90 Å². The number of hydrogen-bond donors (Lipinski definition) is 2. The Kier molecular flexibility index (Phi) is 2.70. The van der Waals surface area contributed by atoms with Gasteiger partial charge < -0.3 is 10.8 Å². The molecule has 1 aliphatic heterocycles. The van der Waals surface area contributed by atoms with Gasteiger partial charge >= 0.3 is 5.97 Å². The second kappa shape index (κ2) is 4.38. The average molecular weight is 258 g/mol. The standard InChI is InChI=1S/C13H14N4O2/c14-13-15-11-10(12(18)19)6-9(7-17(11)16-13)8-4-2-1-3-5-8/h1-5,9-10H,6-7H2,(H2,14,16)(H,18,19). The first-order chi connectivity index (χ1) is 9.15. The maximum absolute atomic E-state index is 11.4. The third-order valence-corrected chi connectivity index (χ3v) is 3.51. The van der Waals surface area contributed by atoms with Gasteiger partial charge in [0.2, 0.25) is 5.95 Å². The molecule has 2 heterocycles. The number of aliphatic carboxylic acids is 1. The molecule has 0 aliphatic carbocycles. The molecule has 0 radical (unpaired) electrons. The van der Waals surface area contributed by atoms with Crippen molar-refractivity contribution in [3.8, 4) is 0 Å². The molecule has 6 heteroatoms. The van der Waals surface area contributed by atoms with Crippen LogP contribution >= 0.6 is 0 Å². The van der Waals surface area contributed by atoms with Crippen LogP contribution < -0.4 is 5.73 Å². The Morgan fingerprint density at radius 1 is 1.37 bits per heavy atom. The minimum atomic E-state index is -0.880. The van der Waals surface area contributed by atoms with Crippen LogP contribution in [0.2, 0.25) is 0 Å². The van der Waals surface area contributed by atoms with Crippen molar-refractivity contribution < 1.29 is 9.90 Å². The first-order valence-corrected chi connectivity index (χ1v) is 6.13. The van der Waals surface area contributed by atoms with Gasteiger partial charge in [0.05, 0.1) is 6.54 Å². The molecule has 0 saturated carbocycles. The predicted octanol–water partition coefficient (Wildman–Crippen LogP) is 1.22. The van der Waals surface area contributed by atoms with Crippen molar-refractivity contribution in [3.63, 3.8) is 0 Å². The van der Waals surface area contributed by atoms with E-state index < -0.39 is 11.9 Å². The smallest absolute Gasteiger partial charge is 0.314 e. The van der Waals surface area contributed by atoms with E-state index in [1.54, 1.807) is 4.68 Å². The molecule has 0 bridgehead atoms. The van der Waals surface area contributed by atoms with Gasteiger partial charge in [0.1, 0.15) is 11.7 Å². The Bertz CT molecular complexity index is 608. The summed E-state index contributed by atoms with van der Waals surface area (Å²) in [5, 5.41) is 13.4. The Labute approximate surface area is 109 Å². The summed E-state index contributed by atoms with van der Waals surface area (Å²) >= 11 is 0. The molecular formula is C13H14N4O2. The summed E-state index contributed by atoms with van der Waals surface area (Å²) < 4.78 is 1.62. The van der Waals surface area contributed by atoms with Crippen molar-refractivity contribution >= 4 is 11.9 Å². The number of hydrogen-bond acceptors (Lipinski definition) is 4. The number of fused-ring (bicyclic) bond motifs is 1. The van der Waals surface area contributed by atoms with Gasteiger partial charge in [-0.15, -0.1) is 5.10 Å². The number of nitrogens with zero attached hydrogens (tertiary/aromatic N) is 3. The van der Waals surface area contributed by atoms with Gasteiger partial charge in [-0.2, -0.15) is 4.98 Å². The summed E-state index contributed by atoms with van der Waals surface area (Å²) in [5.41, 5.74) is 6.69. The molecule has 2 atom stereocenters. The molecule has 0 spiro atoms. The Morgan fingerprint density at radius 2 is 2.11 bits per heavy atom. The average Bonchev–Trinajstić information content (AvgIpc) is 2.78. The summed E-state index contributed by atoms with van der Waals surface area (Å²) in [6.07, 6.45) is 0.525. The molecule has 3 N–H and O–H groups in total. The number of nitrogen functional groups attached to an aromatic ring is 1. The summed E-state index contributed by atoms with van der Waals surface area (Å²) in [6, 6.07) is 9.87. The second-order valence-corrected chi connectivity index (χ2v) is 4.74. The minimum absolute atomic E-state index is 0.121. The lowest BCUT2D eigenvalue weighted by Crippen LogP contribution is -2.28. The molecule has 0 fully saturated rings. The third-order valence-electron chi connectivity index (χ3n) is 3.51. The fourth-order valence-electron chi connectivity index (χ4n) is 2.62. The van der Waals surface area contributed by atoms with Crippen molar-refractivity contribution in [1.29, 1.82) is 0 Å². The van der Waals surface area contributed by atoms with Gasteiger partial charge in [-0.3, -0.25) is 4.79 Å². The van der Waals surface area contributed by atoms with E-state index in [0.29, 0.717) is 18.8 Å². The third kappa shape index (κ3) is 2.05. The van der Waals surface area contributed by atoms with Crippen molar-refractivity contribution in [1.82, 2.24) is 14.8 Å². The van der Waals surface area contributed by atoms with Crippen molar-refractivity contribution in [2.45, 2.75) is 24.8 Å². The lowest BCUT2D eigenvalue weighted by Gasteiger charge is -2.27. The van der Waals surface area contributed by atoms with Crippen LogP contribution in [-0.4, -0.2) is 25.8 Å². The van der Waals surface area contributed by atoms with Gasteiger partial charge in [-0.25, -0.2) is 4.68 Å². The van der Waals surface area contributed by atoms with Crippen LogP contribution in [0.3, 0.4) is 0 Å². The Balaban J connectivity index is 1.99. The SMILES string of the molecule is Nc1nc2n(n1)CC(c1ccccc1)CC2C(=O)O. The van der Waals surface area contributed by atoms with Crippen LogP contribution in [0.5, 0.6) is 0 Å².